The summed E-state index contributed by atoms with van der Waals surface area (Å²) in [6.45, 7) is 3.54. The van der Waals surface area contributed by atoms with Crippen LogP contribution in [0, 0.1) is 0 Å². The van der Waals surface area contributed by atoms with Gasteiger partial charge >= 0.3 is 0 Å². The van der Waals surface area contributed by atoms with E-state index in [2.05, 4.69) is 5.32 Å². The molecule has 0 saturated carbocycles. The van der Waals surface area contributed by atoms with Gasteiger partial charge in [-0.2, -0.15) is 4.31 Å². The topological polar surface area (TPSA) is 71.4 Å². The zero-order chi connectivity index (χ0) is 22.7. The summed E-state index contributed by atoms with van der Waals surface area (Å²) in [6, 6.07) is 14.0. The molecule has 2 heterocycles. The van der Waals surface area contributed by atoms with Gasteiger partial charge in [0.2, 0.25) is 15.9 Å². The molecule has 1 N–H and O–H groups in total. The van der Waals surface area contributed by atoms with Crippen LogP contribution in [0.4, 0.5) is 0 Å². The van der Waals surface area contributed by atoms with Crippen LogP contribution in [0.25, 0.3) is 10.9 Å². The predicted molar refractivity (Wildman–Crippen MR) is 127 cm³/mol. The number of fused-ring (bicyclic) bond motifs is 1. The second kappa shape index (κ2) is 9.65. The number of piperidine rings is 1. The maximum atomic E-state index is 13.0. The maximum Gasteiger partial charge on any atom is 0.243 e. The highest BCUT2D eigenvalue weighted by molar-refractivity contribution is 7.89. The first-order valence-corrected chi connectivity index (χ1v) is 12.8. The van der Waals surface area contributed by atoms with E-state index in [1.807, 2.05) is 35.9 Å². The number of aromatic nitrogens is 1. The van der Waals surface area contributed by atoms with Gasteiger partial charge in [-0.25, -0.2) is 8.42 Å². The van der Waals surface area contributed by atoms with Crippen molar-refractivity contribution in [3.05, 3.63) is 65.3 Å². The molecular formula is C24H28ClN3O3S. The number of nitrogens with zero attached hydrogens (tertiary/aromatic N) is 2. The Morgan fingerprint density at radius 3 is 2.47 bits per heavy atom. The van der Waals surface area contributed by atoms with Crippen molar-refractivity contribution in [1.29, 1.82) is 0 Å². The number of hydrogen-bond acceptors (Lipinski definition) is 3. The van der Waals surface area contributed by atoms with Gasteiger partial charge in [0, 0.05) is 41.8 Å². The van der Waals surface area contributed by atoms with Crippen LogP contribution in [0.5, 0.6) is 0 Å². The van der Waals surface area contributed by atoms with Crippen LogP contribution in [0.1, 0.15) is 44.2 Å². The Morgan fingerprint density at radius 1 is 1.06 bits per heavy atom. The number of sulfonamides is 1. The van der Waals surface area contributed by atoms with Crippen molar-refractivity contribution in [2.24, 2.45) is 0 Å². The molecule has 0 bridgehead atoms. The molecule has 1 saturated heterocycles. The van der Waals surface area contributed by atoms with Gasteiger partial charge in [-0.05, 0) is 61.2 Å². The first-order valence-electron chi connectivity index (χ1n) is 11.0. The molecule has 0 aliphatic carbocycles. The molecule has 1 aliphatic heterocycles. The van der Waals surface area contributed by atoms with E-state index in [4.69, 9.17) is 11.6 Å². The van der Waals surface area contributed by atoms with E-state index in [9.17, 15) is 13.2 Å². The van der Waals surface area contributed by atoms with Crippen LogP contribution in [0.15, 0.2) is 59.6 Å². The Bertz CT molecular complexity index is 1200. The lowest BCUT2D eigenvalue weighted by atomic mass is 10.1. The van der Waals surface area contributed by atoms with E-state index in [0.29, 0.717) is 36.0 Å². The Hall–Kier alpha value is -2.35. The number of nitrogens with one attached hydrogen (secondary N) is 1. The summed E-state index contributed by atoms with van der Waals surface area (Å²) >= 11 is 5.92. The standard InChI is InChI=1S/C24H28ClN3O3S/c1-2-22(24(29)26-17-18-6-8-20(25)9-7-18)28-15-12-19-16-21(10-11-23(19)28)32(30,31)27-13-4-3-5-14-27/h6-12,15-16,22H,2-5,13-14,17H2,1H3,(H,26,29)/t22-/m0/s1. The van der Waals surface area contributed by atoms with Gasteiger partial charge in [0.1, 0.15) is 6.04 Å². The van der Waals surface area contributed by atoms with Crippen LogP contribution < -0.4 is 5.32 Å². The molecule has 1 atom stereocenters. The molecule has 0 spiro atoms. The van der Waals surface area contributed by atoms with Gasteiger partial charge in [-0.15, -0.1) is 0 Å². The van der Waals surface area contributed by atoms with Crippen molar-refractivity contribution in [1.82, 2.24) is 14.2 Å². The second-order valence-electron chi connectivity index (χ2n) is 8.18. The molecule has 4 rings (SSSR count). The van der Waals surface area contributed by atoms with Gasteiger partial charge in [0.25, 0.3) is 0 Å². The molecule has 8 heteroatoms. The molecule has 170 valence electrons. The molecule has 1 amide bonds. The zero-order valence-electron chi connectivity index (χ0n) is 18.1. The van der Waals surface area contributed by atoms with Crippen molar-refractivity contribution in [3.63, 3.8) is 0 Å². The van der Waals surface area contributed by atoms with Crippen LogP contribution in [-0.4, -0.2) is 36.3 Å². The number of amides is 1. The number of hydrogen-bond donors (Lipinski definition) is 1. The second-order valence-corrected chi connectivity index (χ2v) is 10.6. The van der Waals surface area contributed by atoms with Gasteiger partial charge < -0.3 is 9.88 Å². The van der Waals surface area contributed by atoms with Gasteiger partial charge in [-0.1, -0.05) is 37.1 Å². The molecule has 32 heavy (non-hydrogen) atoms. The summed E-state index contributed by atoms with van der Waals surface area (Å²) in [5.41, 5.74) is 1.82. The average Bonchev–Trinajstić information content (AvgIpc) is 3.23. The lowest BCUT2D eigenvalue weighted by Gasteiger charge is -2.26. The van der Waals surface area contributed by atoms with Gasteiger partial charge in [-0.3, -0.25) is 4.79 Å². The zero-order valence-corrected chi connectivity index (χ0v) is 19.7. The number of benzene rings is 2. The van der Waals surface area contributed by atoms with Crippen LogP contribution in [0.3, 0.4) is 0 Å². The lowest BCUT2D eigenvalue weighted by molar-refractivity contribution is -0.124. The minimum Gasteiger partial charge on any atom is -0.350 e. The first kappa shape index (κ1) is 22.8. The molecule has 6 nitrogen and oxygen atoms in total. The number of rotatable bonds is 7. The van der Waals surface area contributed by atoms with Crippen molar-refractivity contribution in [3.8, 4) is 0 Å². The Labute approximate surface area is 194 Å². The van der Waals surface area contributed by atoms with Crippen molar-refractivity contribution < 1.29 is 13.2 Å². The molecule has 1 fully saturated rings. The third kappa shape index (κ3) is 4.70. The Balaban J connectivity index is 1.54. The Morgan fingerprint density at radius 2 is 1.78 bits per heavy atom. The maximum absolute atomic E-state index is 13.0. The molecule has 0 radical (unpaired) electrons. The third-order valence-corrected chi connectivity index (χ3v) is 8.20. The number of halogens is 1. The fraction of sp³-hybridized carbons (Fsp3) is 0.375. The SMILES string of the molecule is CC[C@@H](C(=O)NCc1ccc(Cl)cc1)n1ccc2cc(S(=O)(=O)N3CCCCC3)ccc21. The largest absolute Gasteiger partial charge is 0.350 e. The summed E-state index contributed by atoms with van der Waals surface area (Å²) in [6.07, 6.45) is 5.36. The van der Waals surface area contributed by atoms with E-state index in [1.54, 1.807) is 34.6 Å². The summed E-state index contributed by atoms with van der Waals surface area (Å²) in [5, 5.41) is 4.47. The highest BCUT2D eigenvalue weighted by Crippen LogP contribution is 2.27. The van der Waals surface area contributed by atoms with Crippen molar-refractivity contribution in [2.45, 2.75) is 50.1 Å². The summed E-state index contributed by atoms with van der Waals surface area (Å²) in [7, 11) is -3.49. The highest BCUT2D eigenvalue weighted by Gasteiger charge is 2.27. The third-order valence-electron chi connectivity index (χ3n) is 6.05. The molecule has 3 aromatic rings. The quantitative estimate of drug-likeness (QED) is 0.538. The van der Waals surface area contributed by atoms with E-state index in [0.717, 1.165) is 35.7 Å². The smallest absolute Gasteiger partial charge is 0.243 e. The fourth-order valence-corrected chi connectivity index (χ4v) is 5.93. The number of carbonyl (C=O) groups excluding carboxylic acids is 1. The average molecular weight is 474 g/mol. The number of carbonyl (C=O) groups is 1. The minimum atomic E-state index is -3.49. The monoisotopic (exact) mass is 473 g/mol. The molecule has 0 unspecified atom stereocenters. The van der Waals surface area contributed by atoms with Crippen LogP contribution >= 0.6 is 11.6 Å². The first-order chi connectivity index (χ1) is 15.4. The Kier molecular flexibility index (Phi) is 6.88. The van der Waals surface area contributed by atoms with Gasteiger partial charge in [0.15, 0.2) is 0 Å². The molecular weight excluding hydrogens is 446 g/mol. The van der Waals surface area contributed by atoms with Crippen LogP contribution in [0.2, 0.25) is 5.02 Å². The van der Waals surface area contributed by atoms with Crippen molar-refractivity contribution >= 4 is 38.4 Å². The fourth-order valence-electron chi connectivity index (χ4n) is 4.25. The van der Waals surface area contributed by atoms with E-state index in [-0.39, 0.29) is 11.9 Å². The molecule has 2 aromatic carbocycles. The van der Waals surface area contributed by atoms with Crippen molar-refractivity contribution in [2.75, 3.05) is 13.1 Å². The van der Waals surface area contributed by atoms with Crippen LogP contribution in [-0.2, 0) is 21.4 Å². The van der Waals surface area contributed by atoms with E-state index < -0.39 is 10.0 Å². The van der Waals surface area contributed by atoms with E-state index in [1.165, 1.54) is 0 Å². The lowest BCUT2D eigenvalue weighted by Crippen LogP contribution is -2.35. The normalized spacial score (nSPS) is 16.2. The molecule has 1 aliphatic rings. The minimum absolute atomic E-state index is 0.0787. The van der Waals surface area contributed by atoms with Gasteiger partial charge in [0.05, 0.1) is 4.90 Å². The summed E-state index contributed by atoms with van der Waals surface area (Å²) in [4.78, 5) is 13.2. The summed E-state index contributed by atoms with van der Waals surface area (Å²) in [5.74, 6) is -0.0787. The van der Waals surface area contributed by atoms with E-state index >= 15 is 0 Å². The highest BCUT2D eigenvalue weighted by atomic mass is 35.5. The molecule has 1 aromatic heterocycles. The summed E-state index contributed by atoms with van der Waals surface area (Å²) < 4.78 is 29.5. The predicted octanol–water partition coefficient (Wildman–Crippen LogP) is 4.74.